The summed E-state index contributed by atoms with van der Waals surface area (Å²) in [6, 6.07) is 15.6. The molecule has 1 aromatic heterocycles. The summed E-state index contributed by atoms with van der Waals surface area (Å²) in [5.74, 6) is 1.19. The molecular weight excluding hydrogens is 354 g/mol. The van der Waals surface area contributed by atoms with Crippen LogP contribution in [0.1, 0.15) is 46.1 Å². The first-order valence-electron chi connectivity index (χ1n) is 9.57. The standard InChI is InChI=1S/C22H21N3O3/c26-22(16-9-10-20-21(11-16)28-14-27-20)24-18-7-4-8-19-17(18)12-23-25(19)13-15-5-2-1-3-6-15/h1-3,5-6,9-12,18H,4,7-8,13-14H2,(H,24,26)/t18-/m1/s1. The molecule has 2 aromatic carbocycles. The molecule has 3 aromatic rings. The maximum absolute atomic E-state index is 12.8. The molecule has 0 saturated carbocycles. The highest BCUT2D eigenvalue weighted by Crippen LogP contribution is 2.33. The molecular formula is C22H21N3O3. The van der Waals surface area contributed by atoms with Crippen LogP contribution >= 0.6 is 0 Å². The number of aromatic nitrogens is 2. The highest BCUT2D eigenvalue weighted by atomic mass is 16.7. The minimum absolute atomic E-state index is 0.0220. The van der Waals surface area contributed by atoms with Crippen LogP contribution < -0.4 is 14.8 Å². The molecule has 0 bridgehead atoms. The normalized spacial score (nSPS) is 17.2. The number of rotatable bonds is 4. The third kappa shape index (κ3) is 3.11. The van der Waals surface area contributed by atoms with Gasteiger partial charge < -0.3 is 14.8 Å². The first-order valence-corrected chi connectivity index (χ1v) is 9.57. The van der Waals surface area contributed by atoms with Crippen molar-refractivity contribution in [3.8, 4) is 11.5 Å². The van der Waals surface area contributed by atoms with Crippen molar-refractivity contribution in [3.05, 3.63) is 77.1 Å². The number of ether oxygens (including phenoxy) is 2. The van der Waals surface area contributed by atoms with Crippen LogP contribution in [-0.2, 0) is 13.0 Å². The van der Waals surface area contributed by atoms with Crippen LogP contribution in [-0.4, -0.2) is 22.5 Å². The molecule has 1 atom stereocenters. The number of amides is 1. The molecule has 1 aliphatic heterocycles. The van der Waals surface area contributed by atoms with Crippen LogP contribution in [0.2, 0.25) is 0 Å². The fourth-order valence-corrected chi connectivity index (χ4v) is 3.94. The van der Waals surface area contributed by atoms with Crippen molar-refractivity contribution in [2.45, 2.75) is 31.8 Å². The molecule has 1 amide bonds. The molecule has 0 spiro atoms. The maximum atomic E-state index is 12.8. The lowest BCUT2D eigenvalue weighted by Crippen LogP contribution is -2.31. The van der Waals surface area contributed by atoms with Gasteiger partial charge in [-0.2, -0.15) is 5.10 Å². The van der Waals surface area contributed by atoms with E-state index in [9.17, 15) is 4.79 Å². The second-order valence-electron chi connectivity index (χ2n) is 7.18. The summed E-state index contributed by atoms with van der Waals surface area (Å²) in [6.07, 6.45) is 4.83. The Balaban J connectivity index is 1.34. The van der Waals surface area contributed by atoms with Crippen molar-refractivity contribution in [2.75, 3.05) is 6.79 Å². The zero-order chi connectivity index (χ0) is 18.9. The van der Waals surface area contributed by atoms with Crippen molar-refractivity contribution in [1.29, 1.82) is 0 Å². The molecule has 0 unspecified atom stereocenters. The van der Waals surface area contributed by atoms with Crippen LogP contribution in [0.3, 0.4) is 0 Å². The van der Waals surface area contributed by atoms with Gasteiger partial charge in [0.05, 0.1) is 18.8 Å². The number of hydrogen-bond acceptors (Lipinski definition) is 4. The number of carbonyl (C=O) groups excluding carboxylic acids is 1. The highest BCUT2D eigenvalue weighted by Gasteiger charge is 2.26. The van der Waals surface area contributed by atoms with E-state index >= 15 is 0 Å². The molecule has 0 fully saturated rings. The molecule has 6 heteroatoms. The zero-order valence-corrected chi connectivity index (χ0v) is 15.4. The molecule has 2 aliphatic rings. The fraction of sp³-hybridized carbons (Fsp3) is 0.273. The lowest BCUT2D eigenvalue weighted by Gasteiger charge is -2.24. The summed E-state index contributed by atoms with van der Waals surface area (Å²) in [4.78, 5) is 12.8. The largest absolute Gasteiger partial charge is 0.454 e. The molecule has 0 saturated heterocycles. The maximum Gasteiger partial charge on any atom is 0.251 e. The summed E-state index contributed by atoms with van der Waals surface area (Å²) in [6.45, 7) is 0.950. The highest BCUT2D eigenvalue weighted by molar-refractivity contribution is 5.95. The van der Waals surface area contributed by atoms with Gasteiger partial charge in [0.25, 0.3) is 5.91 Å². The van der Waals surface area contributed by atoms with Gasteiger partial charge in [0, 0.05) is 16.8 Å². The van der Waals surface area contributed by atoms with Crippen LogP contribution in [0.15, 0.2) is 54.7 Å². The van der Waals surface area contributed by atoms with Gasteiger partial charge in [-0.15, -0.1) is 0 Å². The van der Waals surface area contributed by atoms with Crippen LogP contribution in [0.4, 0.5) is 0 Å². The number of hydrogen-bond donors (Lipinski definition) is 1. The van der Waals surface area contributed by atoms with Crippen molar-refractivity contribution in [3.63, 3.8) is 0 Å². The Morgan fingerprint density at radius 3 is 2.89 bits per heavy atom. The number of nitrogens with zero attached hydrogens (tertiary/aromatic N) is 2. The third-order valence-electron chi connectivity index (χ3n) is 5.38. The van der Waals surface area contributed by atoms with Gasteiger partial charge in [-0.05, 0) is 43.0 Å². The number of benzene rings is 2. The van der Waals surface area contributed by atoms with E-state index in [2.05, 4.69) is 27.2 Å². The van der Waals surface area contributed by atoms with Crippen molar-refractivity contribution < 1.29 is 14.3 Å². The number of nitrogens with one attached hydrogen (secondary N) is 1. The predicted molar refractivity (Wildman–Crippen MR) is 103 cm³/mol. The quantitative estimate of drug-likeness (QED) is 0.758. The Labute approximate surface area is 163 Å². The van der Waals surface area contributed by atoms with E-state index in [1.807, 2.05) is 24.4 Å². The van der Waals surface area contributed by atoms with Gasteiger partial charge in [0.1, 0.15) is 0 Å². The van der Waals surface area contributed by atoms with Gasteiger partial charge in [-0.3, -0.25) is 9.48 Å². The number of fused-ring (bicyclic) bond motifs is 2. The van der Waals surface area contributed by atoms with E-state index in [-0.39, 0.29) is 18.7 Å². The molecule has 0 radical (unpaired) electrons. The van der Waals surface area contributed by atoms with Gasteiger partial charge >= 0.3 is 0 Å². The van der Waals surface area contributed by atoms with E-state index in [1.165, 1.54) is 11.3 Å². The van der Waals surface area contributed by atoms with E-state index in [1.54, 1.807) is 18.2 Å². The van der Waals surface area contributed by atoms with Crippen molar-refractivity contribution in [1.82, 2.24) is 15.1 Å². The smallest absolute Gasteiger partial charge is 0.251 e. The summed E-state index contributed by atoms with van der Waals surface area (Å²) >= 11 is 0. The van der Waals surface area contributed by atoms with Crippen LogP contribution in [0.5, 0.6) is 11.5 Å². The van der Waals surface area contributed by atoms with E-state index in [0.717, 1.165) is 31.4 Å². The summed E-state index contributed by atoms with van der Waals surface area (Å²) in [5.41, 5.74) is 4.13. The molecule has 5 rings (SSSR count). The van der Waals surface area contributed by atoms with E-state index in [4.69, 9.17) is 9.47 Å². The lowest BCUT2D eigenvalue weighted by molar-refractivity contribution is 0.0932. The average Bonchev–Trinajstić information content (AvgIpc) is 3.36. The summed E-state index contributed by atoms with van der Waals surface area (Å²) < 4.78 is 12.8. The second-order valence-corrected chi connectivity index (χ2v) is 7.18. The molecule has 1 aliphatic carbocycles. The summed E-state index contributed by atoms with van der Waals surface area (Å²) in [7, 11) is 0. The van der Waals surface area contributed by atoms with Gasteiger partial charge in [0.15, 0.2) is 11.5 Å². The Bertz CT molecular complexity index is 1010. The molecule has 1 N–H and O–H groups in total. The predicted octanol–water partition coefficient (Wildman–Crippen LogP) is 3.47. The fourth-order valence-electron chi connectivity index (χ4n) is 3.94. The van der Waals surface area contributed by atoms with E-state index in [0.29, 0.717) is 17.1 Å². The Morgan fingerprint density at radius 2 is 2.00 bits per heavy atom. The van der Waals surface area contributed by atoms with Gasteiger partial charge in [0.2, 0.25) is 6.79 Å². The van der Waals surface area contributed by atoms with Crippen molar-refractivity contribution >= 4 is 5.91 Å². The lowest BCUT2D eigenvalue weighted by atomic mass is 9.92. The Morgan fingerprint density at radius 1 is 1.14 bits per heavy atom. The second kappa shape index (κ2) is 7.03. The molecule has 142 valence electrons. The first kappa shape index (κ1) is 16.9. The zero-order valence-electron chi connectivity index (χ0n) is 15.4. The molecule has 2 heterocycles. The summed E-state index contributed by atoms with van der Waals surface area (Å²) in [5, 5.41) is 7.77. The number of carbonyl (C=O) groups is 1. The minimum atomic E-state index is -0.105. The Kier molecular flexibility index (Phi) is 4.24. The average molecular weight is 375 g/mol. The van der Waals surface area contributed by atoms with E-state index < -0.39 is 0 Å². The van der Waals surface area contributed by atoms with Crippen LogP contribution in [0, 0.1) is 0 Å². The monoisotopic (exact) mass is 375 g/mol. The first-order chi connectivity index (χ1) is 13.8. The SMILES string of the molecule is O=C(N[C@@H]1CCCc2c1cnn2Cc1ccccc1)c1ccc2c(c1)OCO2. The minimum Gasteiger partial charge on any atom is -0.454 e. The molecule has 28 heavy (non-hydrogen) atoms. The topological polar surface area (TPSA) is 65.4 Å². The molecule has 6 nitrogen and oxygen atoms in total. The third-order valence-corrected chi connectivity index (χ3v) is 5.38. The van der Waals surface area contributed by atoms with Crippen molar-refractivity contribution in [2.24, 2.45) is 0 Å². The van der Waals surface area contributed by atoms with Gasteiger partial charge in [-0.1, -0.05) is 30.3 Å². The van der Waals surface area contributed by atoms with Gasteiger partial charge in [-0.25, -0.2) is 0 Å². The van der Waals surface area contributed by atoms with Crippen LogP contribution in [0.25, 0.3) is 0 Å². The Hall–Kier alpha value is -3.28.